The SMILES string of the molecule is CCOC(=O)C1=C[C@@H]2c3ccccc3N(S(=O)(=O)c3ccc(C)cc3)[C@H](c3ccc(Br)cc3)[C@H]2[C@@H](O)O1. The number of benzene rings is 3. The lowest BCUT2D eigenvalue weighted by molar-refractivity contribution is -0.161. The van der Waals surface area contributed by atoms with Gasteiger partial charge in [0.05, 0.1) is 29.1 Å². The molecule has 0 fully saturated rings. The van der Waals surface area contributed by atoms with Gasteiger partial charge in [0.25, 0.3) is 10.0 Å². The van der Waals surface area contributed by atoms with Crippen molar-refractivity contribution in [1.82, 2.24) is 0 Å². The van der Waals surface area contributed by atoms with Crippen LogP contribution in [-0.2, 0) is 24.3 Å². The minimum Gasteiger partial charge on any atom is -0.460 e. The predicted molar refractivity (Wildman–Crippen MR) is 142 cm³/mol. The van der Waals surface area contributed by atoms with Crippen LogP contribution < -0.4 is 4.31 Å². The number of ether oxygens (including phenoxy) is 2. The number of para-hydroxylation sites is 1. The molecule has 0 spiro atoms. The summed E-state index contributed by atoms with van der Waals surface area (Å²) >= 11 is 3.45. The Morgan fingerprint density at radius 3 is 2.41 bits per heavy atom. The lowest BCUT2D eigenvalue weighted by atomic mass is 9.73. The van der Waals surface area contributed by atoms with Crippen LogP contribution in [0.15, 0.2) is 94.0 Å². The van der Waals surface area contributed by atoms with Gasteiger partial charge in [0.15, 0.2) is 0 Å². The number of carbonyl (C=O) groups excluding carboxylic acids is 1. The molecule has 2 heterocycles. The lowest BCUT2D eigenvalue weighted by Gasteiger charge is -2.48. The normalized spacial score (nSPS) is 22.8. The van der Waals surface area contributed by atoms with Crippen molar-refractivity contribution < 1.29 is 27.8 Å². The number of nitrogens with zero attached hydrogens (tertiary/aromatic N) is 1. The van der Waals surface area contributed by atoms with Crippen LogP contribution in [0.5, 0.6) is 0 Å². The maximum atomic E-state index is 14.3. The van der Waals surface area contributed by atoms with Gasteiger partial charge in [0.1, 0.15) is 0 Å². The quantitative estimate of drug-likeness (QED) is 0.415. The van der Waals surface area contributed by atoms with Crippen LogP contribution in [0.1, 0.15) is 35.6 Å². The Morgan fingerprint density at radius 2 is 1.73 bits per heavy atom. The lowest BCUT2D eigenvalue weighted by Crippen LogP contribution is -2.50. The van der Waals surface area contributed by atoms with Crippen molar-refractivity contribution in [2.45, 2.75) is 37.0 Å². The second-order valence-corrected chi connectivity index (χ2v) is 11.8. The van der Waals surface area contributed by atoms with Crippen LogP contribution >= 0.6 is 15.9 Å². The van der Waals surface area contributed by atoms with E-state index in [0.717, 1.165) is 10.0 Å². The summed E-state index contributed by atoms with van der Waals surface area (Å²) in [5, 5.41) is 11.3. The standard InChI is InChI=1S/C28H26BrNO6S/c1-3-35-27(31)24-16-22-21-6-4-5-7-23(21)30(37(33,34)20-14-8-17(2)9-15-20)26(25(22)28(32)36-24)18-10-12-19(29)13-11-18/h4-16,22,25-26,28,32H,3H2,1-2H3/t22-,25+,26-,28+/m1/s1. The third-order valence-corrected chi connectivity index (χ3v) is 9.08. The van der Waals surface area contributed by atoms with Crippen LogP contribution in [0.3, 0.4) is 0 Å². The first-order chi connectivity index (χ1) is 17.7. The maximum absolute atomic E-state index is 14.3. The second-order valence-electron chi connectivity index (χ2n) is 9.03. The van der Waals surface area contributed by atoms with E-state index in [1.54, 1.807) is 49.4 Å². The van der Waals surface area contributed by atoms with Gasteiger partial charge in [-0.25, -0.2) is 13.2 Å². The molecule has 0 radical (unpaired) electrons. The average Bonchev–Trinajstić information content (AvgIpc) is 2.88. The number of hydrogen-bond donors (Lipinski definition) is 1. The number of carbonyl (C=O) groups is 1. The first-order valence-electron chi connectivity index (χ1n) is 11.9. The Balaban J connectivity index is 1.76. The Labute approximate surface area is 224 Å². The van der Waals surface area contributed by atoms with Gasteiger partial charge >= 0.3 is 5.97 Å². The Bertz CT molecular complexity index is 1450. The van der Waals surface area contributed by atoms with Gasteiger partial charge in [-0.05, 0) is 61.4 Å². The molecule has 4 atom stereocenters. The molecule has 1 N–H and O–H groups in total. The van der Waals surface area contributed by atoms with E-state index < -0.39 is 40.2 Å². The fourth-order valence-electron chi connectivity index (χ4n) is 5.06. The van der Waals surface area contributed by atoms with E-state index in [2.05, 4.69) is 15.9 Å². The maximum Gasteiger partial charge on any atom is 0.373 e. The third kappa shape index (κ3) is 4.56. The van der Waals surface area contributed by atoms with Gasteiger partial charge < -0.3 is 14.6 Å². The Hall–Kier alpha value is -3.14. The fourth-order valence-corrected chi connectivity index (χ4v) is 7.02. The average molecular weight is 584 g/mol. The topological polar surface area (TPSA) is 93.1 Å². The molecule has 2 aliphatic rings. The summed E-state index contributed by atoms with van der Waals surface area (Å²) in [6.07, 6.45) is 0.169. The number of allylic oxidation sites excluding steroid dienone is 1. The number of halogens is 1. The van der Waals surface area contributed by atoms with Gasteiger partial charge in [0.2, 0.25) is 12.0 Å². The van der Waals surface area contributed by atoms with Crippen molar-refractivity contribution in [2.75, 3.05) is 10.9 Å². The van der Waals surface area contributed by atoms with E-state index in [4.69, 9.17) is 9.47 Å². The molecule has 0 amide bonds. The summed E-state index contributed by atoms with van der Waals surface area (Å²) in [6.45, 7) is 3.74. The second kappa shape index (κ2) is 9.96. The number of aliphatic hydroxyl groups excluding tert-OH is 1. The number of esters is 1. The van der Waals surface area contributed by atoms with Crippen LogP contribution in [-0.4, -0.2) is 32.4 Å². The van der Waals surface area contributed by atoms with Gasteiger partial charge in [0, 0.05) is 10.4 Å². The number of sulfonamides is 1. The molecule has 3 aromatic rings. The molecule has 3 aromatic carbocycles. The van der Waals surface area contributed by atoms with Crippen LogP contribution in [0.2, 0.25) is 0 Å². The minimum absolute atomic E-state index is 0.0881. The Kier molecular flexibility index (Phi) is 6.87. The van der Waals surface area contributed by atoms with Crippen LogP contribution in [0.4, 0.5) is 5.69 Å². The molecular weight excluding hydrogens is 558 g/mol. The zero-order valence-corrected chi connectivity index (χ0v) is 22.6. The molecule has 2 aliphatic heterocycles. The molecule has 0 saturated heterocycles. The summed E-state index contributed by atoms with van der Waals surface area (Å²) < 4.78 is 41.5. The predicted octanol–water partition coefficient (Wildman–Crippen LogP) is 5.20. The highest BCUT2D eigenvalue weighted by Crippen LogP contribution is 2.54. The van der Waals surface area contributed by atoms with Crippen molar-refractivity contribution in [2.24, 2.45) is 5.92 Å². The molecule has 0 saturated carbocycles. The van der Waals surface area contributed by atoms with E-state index in [-0.39, 0.29) is 17.3 Å². The van der Waals surface area contributed by atoms with Crippen molar-refractivity contribution in [3.63, 3.8) is 0 Å². The molecule has 5 rings (SSSR count). The van der Waals surface area contributed by atoms with Crippen molar-refractivity contribution >= 4 is 37.6 Å². The Morgan fingerprint density at radius 1 is 1.05 bits per heavy atom. The van der Waals surface area contributed by atoms with E-state index in [9.17, 15) is 18.3 Å². The molecule has 37 heavy (non-hydrogen) atoms. The van der Waals surface area contributed by atoms with Crippen LogP contribution in [0.25, 0.3) is 0 Å². The van der Waals surface area contributed by atoms with Crippen molar-refractivity contribution in [3.8, 4) is 0 Å². The summed E-state index contributed by atoms with van der Waals surface area (Å²) in [5.74, 6) is -2.01. The van der Waals surface area contributed by atoms with Crippen LogP contribution in [0, 0.1) is 12.8 Å². The van der Waals surface area contributed by atoms with Gasteiger partial charge in [-0.15, -0.1) is 0 Å². The number of fused-ring (bicyclic) bond motifs is 3. The van der Waals surface area contributed by atoms with Crippen molar-refractivity contribution in [1.29, 1.82) is 0 Å². The highest BCUT2D eigenvalue weighted by atomic mass is 79.9. The minimum atomic E-state index is -4.07. The molecule has 9 heteroatoms. The smallest absolute Gasteiger partial charge is 0.373 e. The molecule has 7 nitrogen and oxygen atoms in total. The summed E-state index contributed by atoms with van der Waals surface area (Å²) in [4.78, 5) is 12.7. The highest BCUT2D eigenvalue weighted by molar-refractivity contribution is 9.10. The number of rotatable bonds is 5. The van der Waals surface area contributed by atoms with E-state index in [1.807, 2.05) is 43.3 Å². The molecule has 0 bridgehead atoms. The molecule has 0 aromatic heterocycles. The molecule has 192 valence electrons. The number of hydrogen-bond acceptors (Lipinski definition) is 6. The van der Waals surface area contributed by atoms with E-state index >= 15 is 0 Å². The summed E-state index contributed by atoms with van der Waals surface area (Å²) in [7, 11) is -4.07. The van der Waals surface area contributed by atoms with Crippen molar-refractivity contribution in [3.05, 3.63) is 106 Å². The third-order valence-electron chi connectivity index (χ3n) is 6.74. The zero-order valence-electron chi connectivity index (χ0n) is 20.2. The monoisotopic (exact) mass is 583 g/mol. The first-order valence-corrected chi connectivity index (χ1v) is 14.1. The van der Waals surface area contributed by atoms with E-state index in [0.29, 0.717) is 16.8 Å². The number of aliphatic hydroxyl groups is 1. The summed E-state index contributed by atoms with van der Waals surface area (Å²) in [6, 6.07) is 20.3. The number of anilines is 1. The summed E-state index contributed by atoms with van der Waals surface area (Å²) in [5.41, 5.74) is 2.76. The van der Waals surface area contributed by atoms with E-state index in [1.165, 1.54) is 4.31 Å². The molecule has 0 aliphatic carbocycles. The molecule has 0 unspecified atom stereocenters. The zero-order chi connectivity index (χ0) is 26.3. The fraction of sp³-hybridized carbons (Fsp3) is 0.250. The highest BCUT2D eigenvalue weighted by Gasteiger charge is 2.52. The van der Waals surface area contributed by atoms with Gasteiger partial charge in [-0.2, -0.15) is 0 Å². The first kappa shape index (κ1) is 25.5. The molecular formula is C28H26BrNO6S. The van der Waals surface area contributed by atoms with Gasteiger partial charge in [-0.3, -0.25) is 4.31 Å². The van der Waals surface area contributed by atoms with Gasteiger partial charge in [-0.1, -0.05) is 64.0 Å². The largest absolute Gasteiger partial charge is 0.460 e. The number of aryl methyl sites for hydroxylation is 1.